The number of aliphatic hydroxyl groups excluding tert-OH is 1. The minimum absolute atomic E-state index is 0.168. The van der Waals surface area contributed by atoms with E-state index in [9.17, 15) is 5.11 Å². The predicted molar refractivity (Wildman–Crippen MR) is 85.8 cm³/mol. The van der Waals surface area contributed by atoms with Crippen molar-refractivity contribution in [3.05, 3.63) is 60.7 Å². The Bertz CT molecular complexity index is 586. The molecule has 1 aliphatic rings. The van der Waals surface area contributed by atoms with E-state index in [1.54, 1.807) is 11.8 Å². The van der Waals surface area contributed by atoms with Gasteiger partial charge in [0.1, 0.15) is 0 Å². The molecule has 0 aliphatic carbocycles. The Hall–Kier alpha value is -1.78. The molecule has 2 aromatic rings. The Labute approximate surface area is 123 Å². The van der Waals surface area contributed by atoms with Gasteiger partial charge in [0, 0.05) is 12.2 Å². The number of rotatable bonds is 3. The molecule has 1 saturated heterocycles. The third-order valence-electron chi connectivity index (χ3n) is 3.14. The number of hydrogen-bond donors (Lipinski definition) is 1. The van der Waals surface area contributed by atoms with Gasteiger partial charge >= 0.3 is 0 Å². The second kappa shape index (κ2) is 6.11. The summed E-state index contributed by atoms with van der Waals surface area (Å²) in [5.74, 6) is 0. The molecule has 1 fully saturated rings. The molecule has 0 amide bonds. The molecular formula is C16H16N2OS. The number of benzene rings is 2. The van der Waals surface area contributed by atoms with Crippen molar-refractivity contribution in [2.75, 3.05) is 18.1 Å². The van der Waals surface area contributed by atoms with Gasteiger partial charge in [-0.15, -0.1) is 0 Å². The number of hydrogen-bond acceptors (Lipinski definition) is 3. The molecule has 4 heteroatoms. The fraction of sp³-hybridized carbons (Fsp3) is 0.188. The Morgan fingerprint density at radius 1 is 1.05 bits per heavy atom. The van der Waals surface area contributed by atoms with Gasteiger partial charge in [-0.3, -0.25) is 0 Å². The van der Waals surface area contributed by atoms with Crippen molar-refractivity contribution in [2.24, 2.45) is 4.99 Å². The normalized spacial score (nSPS) is 20.6. The minimum Gasteiger partial charge on any atom is -0.395 e. The molecule has 102 valence electrons. The summed E-state index contributed by atoms with van der Waals surface area (Å²) < 4.78 is 0. The van der Waals surface area contributed by atoms with Crippen molar-refractivity contribution < 1.29 is 5.11 Å². The van der Waals surface area contributed by atoms with Crippen LogP contribution < -0.4 is 4.90 Å². The van der Waals surface area contributed by atoms with Crippen LogP contribution in [0.4, 0.5) is 11.4 Å². The van der Waals surface area contributed by atoms with Crippen molar-refractivity contribution in [1.29, 1.82) is 0 Å². The molecule has 0 saturated carbocycles. The van der Waals surface area contributed by atoms with Gasteiger partial charge in [-0.1, -0.05) is 48.2 Å². The summed E-state index contributed by atoms with van der Waals surface area (Å²) in [5, 5.41) is 10.5. The largest absolute Gasteiger partial charge is 0.395 e. The maximum atomic E-state index is 9.41. The van der Waals surface area contributed by atoms with Gasteiger partial charge in [-0.25, -0.2) is 4.99 Å². The van der Waals surface area contributed by atoms with E-state index in [1.165, 1.54) is 0 Å². The molecule has 1 heterocycles. The first-order chi connectivity index (χ1) is 9.86. The van der Waals surface area contributed by atoms with E-state index in [1.807, 2.05) is 48.5 Å². The van der Waals surface area contributed by atoms with Crippen LogP contribution in [0.3, 0.4) is 0 Å². The summed E-state index contributed by atoms with van der Waals surface area (Å²) >= 11 is 1.63. The first-order valence-electron chi connectivity index (χ1n) is 6.60. The first kappa shape index (κ1) is 13.2. The topological polar surface area (TPSA) is 35.8 Å². The van der Waals surface area contributed by atoms with Crippen LogP contribution in [-0.4, -0.2) is 28.7 Å². The number of nitrogens with zero attached hydrogens (tertiary/aromatic N) is 2. The fourth-order valence-electron chi connectivity index (χ4n) is 2.15. The minimum atomic E-state index is 0.168. The highest BCUT2D eigenvalue weighted by atomic mass is 32.2. The number of aliphatic hydroxyl groups is 1. The van der Waals surface area contributed by atoms with Crippen LogP contribution in [0.5, 0.6) is 0 Å². The predicted octanol–water partition coefficient (Wildman–Crippen LogP) is 3.29. The van der Waals surface area contributed by atoms with Crippen molar-refractivity contribution in [2.45, 2.75) is 5.25 Å². The fourth-order valence-corrected chi connectivity index (χ4v) is 3.21. The zero-order chi connectivity index (χ0) is 13.8. The lowest BCUT2D eigenvalue weighted by Gasteiger charge is -2.18. The number of anilines is 1. The number of aliphatic imine (C=N–C) groups is 1. The second-order valence-electron chi connectivity index (χ2n) is 4.60. The molecule has 0 radical (unpaired) electrons. The van der Waals surface area contributed by atoms with Gasteiger partial charge in [0.25, 0.3) is 0 Å². The van der Waals surface area contributed by atoms with E-state index in [0.717, 1.165) is 23.1 Å². The smallest absolute Gasteiger partial charge is 0.169 e. The molecule has 0 spiro atoms. The van der Waals surface area contributed by atoms with Crippen molar-refractivity contribution in [3.63, 3.8) is 0 Å². The average molecular weight is 284 g/mol. The maximum absolute atomic E-state index is 9.41. The highest BCUT2D eigenvalue weighted by Crippen LogP contribution is 2.32. The Balaban J connectivity index is 1.93. The highest BCUT2D eigenvalue weighted by Gasteiger charge is 2.29. The lowest BCUT2D eigenvalue weighted by molar-refractivity contribution is 0.298. The molecular weight excluding hydrogens is 268 g/mol. The van der Waals surface area contributed by atoms with E-state index in [-0.39, 0.29) is 11.9 Å². The van der Waals surface area contributed by atoms with E-state index >= 15 is 0 Å². The third-order valence-corrected chi connectivity index (χ3v) is 4.30. The van der Waals surface area contributed by atoms with Gasteiger partial charge in [0.2, 0.25) is 0 Å². The molecule has 1 N–H and O–H groups in total. The van der Waals surface area contributed by atoms with Crippen LogP contribution in [0.25, 0.3) is 0 Å². The molecule has 0 unspecified atom stereocenters. The van der Waals surface area contributed by atoms with E-state index in [2.05, 4.69) is 17.0 Å². The lowest BCUT2D eigenvalue weighted by Crippen LogP contribution is -2.26. The maximum Gasteiger partial charge on any atom is 0.169 e. The lowest BCUT2D eigenvalue weighted by atomic mass is 10.3. The van der Waals surface area contributed by atoms with E-state index < -0.39 is 0 Å². The SMILES string of the molecule is OC[C@H]1CN(c2ccccc2)C(=Nc2ccccc2)S1. The summed E-state index contributed by atoms with van der Waals surface area (Å²) in [4.78, 5) is 6.87. The molecule has 0 aromatic heterocycles. The van der Waals surface area contributed by atoms with Crippen LogP contribution in [0.1, 0.15) is 0 Å². The van der Waals surface area contributed by atoms with Crippen LogP contribution >= 0.6 is 11.8 Å². The van der Waals surface area contributed by atoms with Crippen LogP contribution in [0, 0.1) is 0 Å². The standard InChI is InChI=1S/C16H16N2OS/c19-12-15-11-18(14-9-5-2-6-10-14)16(20-15)17-13-7-3-1-4-8-13/h1-10,15,19H,11-12H2/t15-/m1/s1. The molecule has 1 aliphatic heterocycles. The van der Waals surface area contributed by atoms with Crippen LogP contribution in [0.15, 0.2) is 65.7 Å². The average Bonchev–Trinajstić information content (AvgIpc) is 2.92. The number of para-hydroxylation sites is 2. The number of thioether (sulfide) groups is 1. The highest BCUT2D eigenvalue weighted by molar-refractivity contribution is 8.15. The van der Waals surface area contributed by atoms with Crippen LogP contribution in [-0.2, 0) is 0 Å². The quantitative estimate of drug-likeness (QED) is 0.939. The van der Waals surface area contributed by atoms with Gasteiger partial charge < -0.3 is 10.0 Å². The zero-order valence-corrected chi connectivity index (χ0v) is 11.8. The Morgan fingerprint density at radius 3 is 2.35 bits per heavy atom. The molecule has 2 aromatic carbocycles. The molecule has 1 atom stereocenters. The molecule has 3 nitrogen and oxygen atoms in total. The summed E-state index contributed by atoms with van der Waals surface area (Å²) in [6.45, 7) is 0.957. The van der Waals surface area contributed by atoms with Crippen molar-refractivity contribution >= 4 is 28.3 Å². The summed E-state index contributed by atoms with van der Waals surface area (Å²) in [6, 6.07) is 20.1. The second-order valence-corrected chi connectivity index (χ2v) is 5.87. The van der Waals surface area contributed by atoms with E-state index in [4.69, 9.17) is 4.99 Å². The van der Waals surface area contributed by atoms with Crippen LogP contribution in [0.2, 0.25) is 0 Å². The van der Waals surface area contributed by atoms with Gasteiger partial charge in [0.05, 0.1) is 17.5 Å². The molecule has 0 bridgehead atoms. The van der Waals surface area contributed by atoms with E-state index in [0.29, 0.717) is 0 Å². The first-order valence-corrected chi connectivity index (χ1v) is 7.48. The summed E-state index contributed by atoms with van der Waals surface area (Å²) in [5.41, 5.74) is 2.06. The third kappa shape index (κ3) is 2.86. The van der Waals surface area contributed by atoms with Gasteiger partial charge in [-0.05, 0) is 24.3 Å². The monoisotopic (exact) mass is 284 g/mol. The Kier molecular flexibility index (Phi) is 4.04. The number of amidine groups is 1. The summed E-state index contributed by atoms with van der Waals surface area (Å²) in [7, 11) is 0. The summed E-state index contributed by atoms with van der Waals surface area (Å²) in [6.07, 6.45) is 0. The van der Waals surface area contributed by atoms with Gasteiger partial charge in [-0.2, -0.15) is 0 Å². The molecule has 20 heavy (non-hydrogen) atoms. The van der Waals surface area contributed by atoms with Gasteiger partial charge in [0.15, 0.2) is 5.17 Å². The van der Waals surface area contributed by atoms with Crippen molar-refractivity contribution in [3.8, 4) is 0 Å². The Morgan fingerprint density at radius 2 is 1.70 bits per heavy atom. The molecule has 3 rings (SSSR count). The zero-order valence-electron chi connectivity index (χ0n) is 11.0. The van der Waals surface area contributed by atoms with Crippen molar-refractivity contribution in [1.82, 2.24) is 0 Å².